The van der Waals surface area contributed by atoms with Crippen molar-refractivity contribution in [3.8, 4) is 0 Å². The summed E-state index contributed by atoms with van der Waals surface area (Å²) in [4.78, 5) is 39.5. The van der Waals surface area contributed by atoms with Crippen LogP contribution in [0.25, 0.3) is 0 Å². The molecular formula is C32H64N6O3. The number of carbonyl (C=O) groups is 3. The Balaban J connectivity index is 3.48. The first-order valence-corrected chi connectivity index (χ1v) is 16.8. The van der Waals surface area contributed by atoms with E-state index in [0.29, 0.717) is 25.8 Å². The van der Waals surface area contributed by atoms with E-state index in [4.69, 9.17) is 17.2 Å². The summed E-state index contributed by atoms with van der Waals surface area (Å²) in [5, 5.41) is 5.17. The average Bonchev–Trinajstić information content (AvgIpc) is 2.94. The van der Waals surface area contributed by atoms with E-state index in [0.717, 1.165) is 19.3 Å². The largest absolute Gasteiger partial charge is 0.370 e. The number of rotatable bonds is 30. The highest BCUT2D eigenvalue weighted by molar-refractivity contribution is 5.89. The van der Waals surface area contributed by atoms with Crippen molar-refractivity contribution in [1.82, 2.24) is 10.6 Å². The number of guanidine groups is 1. The molecule has 240 valence electrons. The lowest BCUT2D eigenvalue weighted by Gasteiger charge is -2.15. The highest BCUT2D eigenvalue weighted by Gasteiger charge is 2.17. The molecule has 9 nitrogen and oxygen atoms in total. The second-order valence-electron chi connectivity index (χ2n) is 11.6. The summed E-state index contributed by atoms with van der Waals surface area (Å²) in [6.45, 7) is 2.45. The van der Waals surface area contributed by atoms with Crippen molar-refractivity contribution in [2.45, 2.75) is 167 Å². The fourth-order valence-corrected chi connectivity index (χ4v) is 5.02. The Morgan fingerprint density at radius 2 is 1.00 bits per heavy atom. The predicted octanol–water partition coefficient (Wildman–Crippen LogP) is 5.73. The van der Waals surface area contributed by atoms with Crippen LogP contribution in [0.2, 0.25) is 0 Å². The molecule has 0 aliphatic rings. The lowest BCUT2D eigenvalue weighted by atomic mass is 10.0. The first-order valence-electron chi connectivity index (χ1n) is 16.8. The normalized spacial score (nSPS) is 11.6. The van der Waals surface area contributed by atoms with Crippen molar-refractivity contribution in [1.29, 1.82) is 0 Å². The average molecular weight is 581 g/mol. The molecule has 3 amide bonds. The monoisotopic (exact) mass is 581 g/mol. The maximum atomic E-state index is 12.1. The van der Waals surface area contributed by atoms with Crippen molar-refractivity contribution in [3.05, 3.63) is 0 Å². The molecule has 0 bridgehead atoms. The van der Waals surface area contributed by atoms with Crippen LogP contribution in [-0.4, -0.2) is 42.8 Å². The number of primary amides is 1. The minimum Gasteiger partial charge on any atom is -0.370 e. The van der Waals surface area contributed by atoms with Gasteiger partial charge in [-0.1, -0.05) is 135 Å². The number of nitrogens with zero attached hydrogens (tertiary/aromatic N) is 1. The molecule has 1 atom stereocenters. The predicted molar refractivity (Wildman–Crippen MR) is 171 cm³/mol. The highest BCUT2D eigenvalue weighted by Crippen LogP contribution is 2.15. The number of unbranched alkanes of at least 4 members (excludes halogenated alkanes) is 20. The number of carbonyl (C=O) groups excluding carboxylic acids is 3. The van der Waals surface area contributed by atoms with E-state index < -0.39 is 17.9 Å². The fourth-order valence-electron chi connectivity index (χ4n) is 5.02. The van der Waals surface area contributed by atoms with Crippen LogP contribution in [-0.2, 0) is 14.4 Å². The molecule has 0 saturated heterocycles. The highest BCUT2D eigenvalue weighted by atomic mass is 16.2. The molecule has 0 rings (SSSR count). The molecule has 41 heavy (non-hydrogen) atoms. The van der Waals surface area contributed by atoms with Crippen LogP contribution in [0.15, 0.2) is 4.99 Å². The van der Waals surface area contributed by atoms with E-state index in [1.165, 1.54) is 116 Å². The Bertz CT molecular complexity index is 682. The Morgan fingerprint density at radius 3 is 1.39 bits per heavy atom. The summed E-state index contributed by atoms with van der Waals surface area (Å²) in [5.41, 5.74) is 15.9. The van der Waals surface area contributed by atoms with Gasteiger partial charge in [0.05, 0.1) is 6.54 Å². The third kappa shape index (κ3) is 29.0. The summed E-state index contributed by atoms with van der Waals surface area (Å²) in [6.07, 6.45) is 29.1. The van der Waals surface area contributed by atoms with Gasteiger partial charge in [0, 0.05) is 13.0 Å². The molecule has 0 spiro atoms. The van der Waals surface area contributed by atoms with Crippen LogP contribution >= 0.6 is 0 Å². The van der Waals surface area contributed by atoms with Gasteiger partial charge in [-0.05, 0) is 19.3 Å². The lowest BCUT2D eigenvalue weighted by molar-refractivity contribution is -0.128. The fraction of sp³-hybridized carbons (Fsp3) is 0.875. The number of hydrogen-bond donors (Lipinski definition) is 5. The van der Waals surface area contributed by atoms with Crippen molar-refractivity contribution in [3.63, 3.8) is 0 Å². The van der Waals surface area contributed by atoms with Gasteiger partial charge in [0.15, 0.2) is 5.96 Å². The van der Waals surface area contributed by atoms with Gasteiger partial charge < -0.3 is 27.8 Å². The summed E-state index contributed by atoms with van der Waals surface area (Å²) < 4.78 is 0. The number of nitrogens with two attached hydrogens (primary N) is 3. The third-order valence-corrected chi connectivity index (χ3v) is 7.58. The van der Waals surface area contributed by atoms with Crippen LogP contribution in [0.1, 0.15) is 161 Å². The molecule has 0 fully saturated rings. The van der Waals surface area contributed by atoms with Gasteiger partial charge in [-0.2, -0.15) is 0 Å². The zero-order valence-electron chi connectivity index (χ0n) is 26.4. The molecule has 0 aromatic heterocycles. The van der Waals surface area contributed by atoms with E-state index in [-0.39, 0.29) is 18.4 Å². The van der Waals surface area contributed by atoms with Crippen LogP contribution in [0.5, 0.6) is 0 Å². The van der Waals surface area contributed by atoms with Crippen molar-refractivity contribution in [2.24, 2.45) is 22.2 Å². The third-order valence-electron chi connectivity index (χ3n) is 7.58. The van der Waals surface area contributed by atoms with Crippen LogP contribution in [0, 0.1) is 0 Å². The molecule has 0 aliphatic heterocycles. The quantitative estimate of drug-likeness (QED) is 0.0415. The number of hydrogen-bond acceptors (Lipinski definition) is 4. The molecule has 0 heterocycles. The Hall–Kier alpha value is -2.32. The molecule has 0 unspecified atom stereocenters. The zero-order chi connectivity index (χ0) is 30.4. The van der Waals surface area contributed by atoms with Crippen LogP contribution < -0.4 is 27.8 Å². The summed E-state index contributed by atoms with van der Waals surface area (Å²) in [6, 6.07) is -0.817. The van der Waals surface area contributed by atoms with E-state index in [1.54, 1.807) is 0 Å². The Kier molecular flexibility index (Phi) is 27.5. The van der Waals surface area contributed by atoms with Crippen molar-refractivity contribution < 1.29 is 14.4 Å². The maximum Gasteiger partial charge on any atom is 0.240 e. The van der Waals surface area contributed by atoms with Crippen LogP contribution in [0.4, 0.5) is 0 Å². The molecule has 0 saturated carbocycles. The molecule has 0 aromatic rings. The first kappa shape index (κ1) is 38.7. The number of amides is 3. The Morgan fingerprint density at radius 1 is 0.585 bits per heavy atom. The van der Waals surface area contributed by atoms with Gasteiger partial charge in [0.2, 0.25) is 17.7 Å². The summed E-state index contributed by atoms with van der Waals surface area (Å²) in [5.74, 6) is -1.25. The van der Waals surface area contributed by atoms with Gasteiger partial charge in [-0.25, -0.2) is 0 Å². The molecule has 8 N–H and O–H groups in total. The van der Waals surface area contributed by atoms with Gasteiger partial charge in [-0.3, -0.25) is 19.4 Å². The van der Waals surface area contributed by atoms with Crippen LogP contribution in [0.3, 0.4) is 0 Å². The SMILES string of the molecule is CCCCCCCCCCCCCCCCCCCCCCCC(=O)NCC(=O)N[C@@H](CCCN=C(N)N)C(N)=O. The van der Waals surface area contributed by atoms with Crippen molar-refractivity contribution in [2.75, 3.05) is 13.1 Å². The minimum absolute atomic E-state index is 0.0252. The Labute approximate surface area is 251 Å². The second kappa shape index (κ2) is 29.2. The van der Waals surface area contributed by atoms with Gasteiger partial charge >= 0.3 is 0 Å². The maximum absolute atomic E-state index is 12.1. The van der Waals surface area contributed by atoms with E-state index in [9.17, 15) is 14.4 Å². The minimum atomic E-state index is -0.817. The lowest BCUT2D eigenvalue weighted by Crippen LogP contribution is -2.48. The molecule has 9 heteroatoms. The number of nitrogens with one attached hydrogen (secondary N) is 2. The van der Waals surface area contributed by atoms with Gasteiger partial charge in [0.25, 0.3) is 0 Å². The van der Waals surface area contributed by atoms with Gasteiger partial charge in [-0.15, -0.1) is 0 Å². The van der Waals surface area contributed by atoms with E-state index >= 15 is 0 Å². The topological polar surface area (TPSA) is 166 Å². The number of aliphatic imine (C=N–C) groups is 1. The van der Waals surface area contributed by atoms with E-state index in [1.807, 2.05) is 0 Å². The van der Waals surface area contributed by atoms with E-state index in [2.05, 4.69) is 22.5 Å². The smallest absolute Gasteiger partial charge is 0.240 e. The standard InChI is InChI=1S/C32H64N6O3/c1-2-3-4-5-6-7-8-9-10-11-12-13-14-15-16-17-18-19-20-21-22-25-29(39)37-27-30(40)38-28(31(33)41)24-23-26-36-32(34)35/h28H,2-27H2,1H3,(H2,33,41)(H,37,39)(H,38,40)(H4,34,35,36)/t28-/m0/s1. The van der Waals surface area contributed by atoms with Gasteiger partial charge in [0.1, 0.15) is 6.04 Å². The molecule has 0 radical (unpaired) electrons. The first-order chi connectivity index (χ1) is 19.9. The summed E-state index contributed by atoms with van der Waals surface area (Å²) in [7, 11) is 0. The molecule has 0 aliphatic carbocycles. The zero-order valence-corrected chi connectivity index (χ0v) is 26.4. The molecule has 0 aromatic carbocycles. The van der Waals surface area contributed by atoms with Crippen molar-refractivity contribution >= 4 is 23.7 Å². The summed E-state index contributed by atoms with van der Waals surface area (Å²) >= 11 is 0. The second-order valence-corrected chi connectivity index (χ2v) is 11.6. The molecular weight excluding hydrogens is 516 g/mol.